The normalized spacial score (nSPS) is 39.3. The Kier molecular flexibility index (Phi) is 5.88. The van der Waals surface area contributed by atoms with E-state index in [0.29, 0.717) is 6.42 Å². The Labute approximate surface area is 113 Å². The molecular weight excluding hydrogens is 252 g/mol. The maximum Gasteiger partial charge on any atom is 0.202 e. The summed E-state index contributed by atoms with van der Waals surface area (Å²) in [6.45, 7) is 3.48. The topological polar surface area (TPSA) is 107 Å². The van der Waals surface area contributed by atoms with Crippen LogP contribution in [0.5, 0.6) is 0 Å². The molecule has 1 rings (SSSR count). The summed E-state index contributed by atoms with van der Waals surface area (Å²) in [6, 6.07) is 0. The van der Waals surface area contributed by atoms with Crippen molar-refractivity contribution >= 4 is 5.78 Å². The Hall–Kier alpha value is -0.530. The molecule has 0 aliphatic carbocycles. The maximum atomic E-state index is 11.7. The third kappa shape index (κ3) is 3.97. The molecule has 0 spiro atoms. The zero-order valence-corrected chi connectivity index (χ0v) is 11.5. The monoisotopic (exact) mass is 276 g/mol. The quantitative estimate of drug-likeness (QED) is 0.497. The van der Waals surface area contributed by atoms with Crippen LogP contribution in [0.25, 0.3) is 0 Å². The Morgan fingerprint density at radius 1 is 1.21 bits per heavy atom. The first-order valence-corrected chi connectivity index (χ1v) is 6.78. The molecule has 0 bridgehead atoms. The highest BCUT2D eigenvalue weighted by molar-refractivity contribution is 5.79. The number of ether oxygens (including phenoxy) is 1. The third-order valence-electron chi connectivity index (χ3n) is 3.52. The molecule has 0 unspecified atom stereocenters. The molecule has 1 heterocycles. The van der Waals surface area contributed by atoms with Crippen LogP contribution in [0.1, 0.15) is 46.0 Å². The molecule has 6 heteroatoms. The van der Waals surface area contributed by atoms with E-state index in [1.807, 2.05) is 6.92 Å². The largest absolute Gasteiger partial charge is 0.388 e. The van der Waals surface area contributed by atoms with Crippen molar-refractivity contribution in [2.45, 2.75) is 76.2 Å². The van der Waals surface area contributed by atoms with Crippen molar-refractivity contribution in [2.75, 3.05) is 0 Å². The molecule has 6 nitrogen and oxygen atoms in total. The summed E-state index contributed by atoms with van der Waals surface area (Å²) >= 11 is 0. The van der Waals surface area contributed by atoms with Crippen LogP contribution < -0.4 is 0 Å². The van der Waals surface area contributed by atoms with Crippen molar-refractivity contribution in [3.8, 4) is 0 Å². The molecule has 112 valence electrons. The van der Waals surface area contributed by atoms with Gasteiger partial charge in [0, 0.05) is 6.42 Å². The molecule has 0 aromatic heterocycles. The number of Topliss-reactive ketones (excluding diaryl/α,β-unsaturated/α-hetero) is 1. The Balaban J connectivity index is 2.61. The molecular formula is C13H24O6. The molecule has 1 aliphatic rings. The van der Waals surface area contributed by atoms with Crippen LogP contribution in [0.4, 0.5) is 0 Å². The van der Waals surface area contributed by atoms with Gasteiger partial charge in [0.2, 0.25) is 5.79 Å². The van der Waals surface area contributed by atoms with E-state index in [-0.39, 0.29) is 12.2 Å². The van der Waals surface area contributed by atoms with Gasteiger partial charge in [-0.05, 0) is 13.3 Å². The fourth-order valence-corrected chi connectivity index (χ4v) is 2.28. The predicted molar refractivity (Wildman–Crippen MR) is 67.3 cm³/mol. The van der Waals surface area contributed by atoms with Gasteiger partial charge in [0.15, 0.2) is 0 Å². The lowest BCUT2D eigenvalue weighted by Gasteiger charge is -2.44. The predicted octanol–water partition coefficient (Wildman–Crippen LogP) is -0.284. The molecule has 4 N–H and O–H groups in total. The molecule has 1 fully saturated rings. The summed E-state index contributed by atoms with van der Waals surface area (Å²) < 4.78 is 5.12. The van der Waals surface area contributed by atoms with Crippen molar-refractivity contribution in [3.63, 3.8) is 0 Å². The van der Waals surface area contributed by atoms with Crippen molar-refractivity contribution in [2.24, 2.45) is 0 Å². The molecule has 0 saturated carbocycles. The van der Waals surface area contributed by atoms with Crippen LogP contribution in [0.2, 0.25) is 0 Å². The molecule has 1 aliphatic heterocycles. The van der Waals surface area contributed by atoms with Crippen LogP contribution in [0.3, 0.4) is 0 Å². The van der Waals surface area contributed by atoms with Gasteiger partial charge in [0.1, 0.15) is 24.1 Å². The summed E-state index contributed by atoms with van der Waals surface area (Å²) in [6.07, 6.45) is -2.82. The van der Waals surface area contributed by atoms with Crippen molar-refractivity contribution in [1.29, 1.82) is 0 Å². The molecule has 1 saturated heterocycles. The minimum atomic E-state index is -2.12. The summed E-state index contributed by atoms with van der Waals surface area (Å²) in [4.78, 5) is 11.7. The highest BCUT2D eigenvalue weighted by Crippen LogP contribution is 2.31. The highest BCUT2D eigenvalue weighted by Gasteiger charge is 2.52. The van der Waals surface area contributed by atoms with Gasteiger partial charge in [0.25, 0.3) is 0 Å². The second-order valence-corrected chi connectivity index (χ2v) is 5.27. The molecule has 19 heavy (non-hydrogen) atoms. The Bertz CT molecular complexity index is 308. The van der Waals surface area contributed by atoms with Crippen molar-refractivity contribution in [1.82, 2.24) is 0 Å². The van der Waals surface area contributed by atoms with Crippen molar-refractivity contribution in [3.05, 3.63) is 0 Å². The highest BCUT2D eigenvalue weighted by atomic mass is 16.7. The van der Waals surface area contributed by atoms with E-state index in [2.05, 4.69) is 0 Å². The summed E-state index contributed by atoms with van der Waals surface area (Å²) in [5, 5.41) is 39.1. The van der Waals surface area contributed by atoms with Crippen LogP contribution in [0, 0.1) is 0 Å². The molecule has 5 atom stereocenters. The maximum absolute atomic E-state index is 11.7. The Morgan fingerprint density at radius 2 is 1.84 bits per heavy atom. The second kappa shape index (κ2) is 6.76. The van der Waals surface area contributed by atoms with Gasteiger partial charge in [-0.25, -0.2) is 0 Å². The van der Waals surface area contributed by atoms with Gasteiger partial charge >= 0.3 is 0 Å². The van der Waals surface area contributed by atoms with Gasteiger partial charge in [0.05, 0.1) is 12.5 Å². The number of carbonyl (C=O) groups is 1. The van der Waals surface area contributed by atoms with Gasteiger partial charge < -0.3 is 25.2 Å². The Morgan fingerprint density at radius 3 is 2.42 bits per heavy atom. The average Bonchev–Trinajstić information content (AvgIpc) is 2.34. The zero-order chi connectivity index (χ0) is 14.6. The lowest BCUT2D eigenvalue weighted by Crippen LogP contribution is -2.64. The fourth-order valence-electron chi connectivity index (χ4n) is 2.28. The van der Waals surface area contributed by atoms with E-state index < -0.39 is 30.2 Å². The summed E-state index contributed by atoms with van der Waals surface area (Å²) in [7, 11) is 0. The fraction of sp³-hybridized carbons (Fsp3) is 0.923. The van der Waals surface area contributed by atoms with E-state index in [0.717, 1.165) is 19.3 Å². The second-order valence-electron chi connectivity index (χ2n) is 5.27. The SMILES string of the molecule is CCCCCC(=O)C[C@@]1(O)O[C@@H](C)[C@@H](O)[C@@H](O)[C@@H]1O. The molecule has 0 radical (unpaired) electrons. The van der Waals surface area contributed by atoms with Crippen LogP contribution in [0.15, 0.2) is 0 Å². The molecule has 0 amide bonds. The minimum Gasteiger partial charge on any atom is -0.388 e. The number of ketones is 1. The van der Waals surface area contributed by atoms with Crippen LogP contribution in [-0.4, -0.2) is 56.4 Å². The summed E-state index contributed by atoms with van der Waals surface area (Å²) in [5.41, 5.74) is 0. The number of unbranched alkanes of at least 4 members (excludes halogenated alkanes) is 2. The molecule has 0 aromatic rings. The third-order valence-corrected chi connectivity index (χ3v) is 3.52. The first-order valence-electron chi connectivity index (χ1n) is 6.78. The van der Waals surface area contributed by atoms with Crippen molar-refractivity contribution < 1.29 is 30.0 Å². The lowest BCUT2D eigenvalue weighted by molar-refractivity contribution is -0.341. The standard InChI is InChI=1S/C13H24O6/c1-3-4-5-6-9(14)7-13(18)12(17)11(16)10(15)8(2)19-13/h8,10-12,15-18H,3-7H2,1-2H3/t8-,10+,11+,12-,13+/m0/s1. The van der Waals surface area contributed by atoms with E-state index in [1.54, 1.807) is 0 Å². The average molecular weight is 276 g/mol. The first-order chi connectivity index (χ1) is 8.81. The van der Waals surface area contributed by atoms with Crippen LogP contribution >= 0.6 is 0 Å². The number of hydrogen-bond acceptors (Lipinski definition) is 6. The molecule has 0 aromatic carbocycles. The number of carbonyl (C=O) groups excluding carboxylic acids is 1. The minimum absolute atomic E-state index is 0.231. The lowest BCUT2D eigenvalue weighted by atomic mass is 9.89. The smallest absolute Gasteiger partial charge is 0.202 e. The van der Waals surface area contributed by atoms with E-state index in [9.17, 15) is 25.2 Å². The van der Waals surface area contributed by atoms with Gasteiger partial charge in [-0.15, -0.1) is 0 Å². The van der Waals surface area contributed by atoms with Gasteiger partial charge in [-0.3, -0.25) is 4.79 Å². The van der Waals surface area contributed by atoms with Gasteiger partial charge in [-0.1, -0.05) is 19.8 Å². The van der Waals surface area contributed by atoms with E-state index >= 15 is 0 Å². The number of hydrogen-bond donors (Lipinski definition) is 4. The van der Waals surface area contributed by atoms with E-state index in [1.165, 1.54) is 6.92 Å². The van der Waals surface area contributed by atoms with Gasteiger partial charge in [-0.2, -0.15) is 0 Å². The number of rotatable bonds is 6. The zero-order valence-electron chi connectivity index (χ0n) is 11.5. The first kappa shape index (κ1) is 16.5. The van der Waals surface area contributed by atoms with E-state index in [4.69, 9.17) is 4.74 Å². The summed E-state index contributed by atoms with van der Waals surface area (Å²) in [5.74, 6) is -2.35. The number of aliphatic hydroxyl groups excluding tert-OH is 3. The number of aliphatic hydroxyl groups is 4. The van der Waals surface area contributed by atoms with Crippen LogP contribution in [-0.2, 0) is 9.53 Å².